The largest absolute Gasteiger partial charge is 0.507 e. The third-order valence-corrected chi connectivity index (χ3v) is 7.45. The average molecular weight is 452 g/mol. The average Bonchev–Trinajstić information content (AvgIpc) is 2.84. The van der Waals surface area contributed by atoms with E-state index < -0.39 is 0 Å². The van der Waals surface area contributed by atoms with Gasteiger partial charge in [-0.3, -0.25) is 4.99 Å². The first kappa shape index (κ1) is 22.5. The first-order chi connectivity index (χ1) is 16.5. The van der Waals surface area contributed by atoms with Crippen molar-refractivity contribution in [1.29, 1.82) is 0 Å². The number of phenols is 1. The van der Waals surface area contributed by atoms with Crippen LogP contribution in [0.15, 0.2) is 77.3 Å². The van der Waals surface area contributed by atoms with Crippen LogP contribution in [0.1, 0.15) is 55.7 Å². The molecule has 174 valence electrons. The van der Waals surface area contributed by atoms with Crippen LogP contribution in [0.25, 0.3) is 11.1 Å². The van der Waals surface area contributed by atoms with Gasteiger partial charge >= 0.3 is 0 Å². The van der Waals surface area contributed by atoms with E-state index in [4.69, 9.17) is 9.73 Å². The molecule has 1 saturated carbocycles. The fourth-order valence-electron chi connectivity index (χ4n) is 6.13. The van der Waals surface area contributed by atoms with Gasteiger partial charge in [0.25, 0.3) is 0 Å². The van der Waals surface area contributed by atoms with E-state index in [1.165, 1.54) is 12.8 Å². The maximum atomic E-state index is 11.5. The third kappa shape index (κ3) is 4.16. The highest BCUT2D eigenvalue weighted by Gasteiger charge is 2.41. The number of hydrogen-bond acceptors (Lipinski definition) is 3. The molecule has 2 aliphatic rings. The van der Waals surface area contributed by atoms with E-state index in [9.17, 15) is 5.11 Å². The molecule has 0 saturated heterocycles. The Morgan fingerprint density at radius 3 is 2.65 bits per heavy atom. The van der Waals surface area contributed by atoms with Crippen LogP contribution in [0, 0.1) is 12.8 Å². The number of methoxy groups -OCH3 is 1. The molecule has 0 amide bonds. The van der Waals surface area contributed by atoms with E-state index >= 15 is 0 Å². The lowest BCUT2D eigenvalue weighted by Gasteiger charge is -2.44. The standard InChI is InChI=1S/C31H33NO2/c1-21-16-24(30(33)27(17-21)31-14-8-9-23(19-31)15-22(2)18-31)20-32-28-12-6-4-10-25(28)26-11-5-7-13-29(26)34-3/h4-7,10-13,15-17,20,22,33H,8-9,14,18-19H2,1-3H3. The van der Waals surface area contributed by atoms with Gasteiger partial charge in [-0.2, -0.15) is 0 Å². The van der Waals surface area contributed by atoms with Gasteiger partial charge < -0.3 is 9.84 Å². The smallest absolute Gasteiger partial charge is 0.128 e. The normalized spacial score (nSPS) is 22.0. The maximum absolute atomic E-state index is 11.5. The number of hydrogen-bond donors (Lipinski definition) is 1. The summed E-state index contributed by atoms with van der Waals surface area (Å²) in [6.45, 7) is 4.43. The molecular formula is C31H33NO2. The Morgan fingerprint density at radius 1 is 1.06 bits per heavy atom. The Balaban J connectivity index is 1.55. The van der Waals surface area contributed by atoms with Crippen LogP contribution in [-0.4, -0.2) is 18.4 Å². The molecule has 2 aliphatic carbocycles. The van der Waals surface area contributed by atoms with Crippen molar-refractivity contribution >= 4 is 11.9 Å². The number of para-hydroxylation sites is 2. The Hall–Kier alpha value is -3.33. The number of aliphatic imine (C=N–C) groups is 1. The van der Waals surface area contributed by atoms with E-state index in [0.29, 0.717) is 11.7 Å². The highest BCUT2D eigenvalue weighted by atomic mass is 16.5. The lowest BCUT2D eigenvalue weighted by atomic mass is 9.60. The van der Waals surface area contributed by atoms with Crippen LogP contribution in [0.4, 0.5) is 5.69 Å². The number of aryl methyl sites for hydroxylation is 1. The van der Waals surface area contributed by atoms with Gasteiger partial charge in [0.2, 0.25) is 0 Å². The van der Waals surface area contributed by atoms with Gasteiger partial charge in [-0.15, -0.1) is 0 Å². The van der Waals surface area contributed by atoms with Gasteiger partial charge in [-0.1, -0.05) is 61.0 Å². The molecule has 1 N–H and O–H groups in total. The van der Waals surface area contributed by atoms with Crippen molar-refractivity contribution in [2.75, 3.05) is 7.11 Å². The van der Waals surface area contributed by atoms with Crippen molar-refractivity contribution < 1.29 is 9.84 Å². The molecule has 0 spiro atoms. The molecule has 0 aliphatic heterocycles. The minimum absolute atomic E-state index is 0.0375. The second-order valence-corrected chi connectivity index (χ2v) is 10.0. The number of fused-ring (bicyclic) bond motifs is 2. The number of rotatable bonds is 5. The summed E-state index contributed by atoms with van der Waals surface area (Å²) in [5.74, 6) is 1.76. The first-order valence-corrected chi connectivity index (χ1v) is 12.3. The Labute approximate surface area is 202 Å². The second-order valence-electron chi connectivity index (χ2n) is 10.0. The molecule has 0 heterocycles. The zero-order valence-electron chi connectivity index (χ0n) is 20.3. The molecule has 3 nitrogen and oxygen atoms in total. The van der Waals surface area contributed by atoms with E-state index in [1.807, 2.05) is 54.7 Å². The molecule has 3 aromatic rings. The van der Waals surface area contributed by atoms with Crippen LogP contribution < -0.4 is 4.74 Å². The van der Waals surface area contributed by atoms with Crippen LogP contribution in [-0.2, 0) is 5.41 Å². The summed E-state index contributed by atoms with van der Waals surface area (Å²) in [5, 5.41) is 11.5. The number of ether oxygens (including phenoxy) is 1. The highest BCUT2D eigenvalue weighted by Crippen LogP contribution is 2.52. The van der Waals surface area contributed by atoms with E-state index in [0.717, 1.165) is 58.5 Å². The van der Waals surface area contributed by atoms with E-state index in [-0.39, 0.29) is 5.41 Å². The van der Waals surface area contributed by atoms with Crippen molar-refractivity contribution in [3.8, 4) is 22.6 Å². The third-order valence-electron chi connectivity index (χ3n) is 7.45. The molecule has 34 heavy (non-hydrogen) atoms. The summed E-state index contributed by atoms with van der Waals surface area (Å²) in [6, 6.07) is 20.3. The summed E-state index contributed by atoms with van der Waals surface area (Å²) in [7, 11) is 1.69. The van der Waals surface area contributed by atoms with Gasteiger partial charge in [0.1, 0.15) is 11.5 Å². The molecule has 2 atom stereocenters. The monoisotopic (exact) mass is 451 g/mol. The predicted octanol–water partition coefficient (Wildman–Crippen LogP) is 7.90. The van der Waals surface area contributed by atoms with E-state index in [2.05, 4.69) is 32.1 Å². The SMILES string of the molecule is COc1ccccc1-c1ccccc1N=Cc1cc(C)cc(C23CCCC(=CC(C)C2)C3)c1O. The van der Waals surface area contributed by atoms with Gasteiger partial charge in [-0.05, 0) is 68.7 Å². The number of aromatic hydroxyl groups is 1. The van der Waals surface area contributed by atoms with E-state index in [1.54, 1.807) is 12.7 Å². The first-order valence-electron chi connectivity index (χ1n) is 12.3. The van der Waals surface area contributed by atoms with Gasteiger partial charge in [0.05, 0.1) is 12.8 Å². The van der Waals surface area contributed by atoms with Crippen molar-refractivity contribution in [2.45, 2.75) is 51.4 Å². The van der Waals surface area contributed by atoms with Crippen LogP contribution in [0.2, 0.25) is 0 Å². The summed E-state index contributed by atoms with van der Waals surface area (Å²) < 4.78 is 5.59. The molecule has 3 heteroatoms. The lowest BCUT2D eigenvalue weighted by molar-refractivity contribution is 0.262. The van der Waals surface area contributed by atoms with Gasteiger partial charge in [-0.25, -0.2) is 0 Å². The molecular weight excluding hydrogens is 418 g/mol. The van der Waals surface area contributed by atoms with Gasteiger partial charge in [0.15, 0.2) is 0 Å². The van der Waals surface area contributed by atoms with Crippen molar-refractivity contribution in [2.24, 2.45) is 10.9 Å². The molecule has 2 unspecified atom stereocenters. The van der Waals surface area contributed by atoms with Crippen LogP contribution in [0.5, 0.6) is 11.5 Å². The quantitative estimate of drug-likeness (QED) is 0.316. The Morgan fingerprint density at radius 2 is 1.82 bits per heavy atom. The summed E-state index contributed by atoms with van der Waals surface area (Å²) in [5.41, 5.74) is 7.51. The topological polar surface area (TPSA) is 41.8 Å². The highest BCUT2D eigenvalue weighted by molar-refractivity contribution is 5.89. The number of allylic oxidation sites excluding steroid dienone is 2. The number of phenolic OH excluding ortho intramolecular Hbond substituents is 1. The van der Waals surface area contributed by atoms with Crippen molar-refractivity contribution in [3.63, 3.8) is 0 Å². The number of benzene rings is 3. The summed E-state index contributed by atoms with van der Waals surface area (Å²) in [6.07, 6.45) is 9.99. The minimum atomic E-state index is 0.0375. The van der Waals surface area contributed by atoms with Crippen molar-refractivity contribution in [3.05, 3.63) is 89.0 Å². The van der Waals surface area contributed by atoms with Crippen LogP contribution in [0.3, 0.4) is 0 Å². The van der Waals surface area contributed by atoms with Crippen LogP contribution >= 0.6 is 0 Å². The van der Waals surface area contributed by atoms with Gasteiger partial charge in [0, 0.05) is 33.9 Å². The second kappa shape index (κ2) is 9.13. The minimum Gasteiger partial charge on any atom is -0.507 e. The summed E-state index contributed by atoms with van der Waals surface area (Å²) >= 11 is 0. The number of nitrogens with zero attached hydrogens (tertiary/aromatic N) is 1. The fraction of sp³-hybridized carbons (Fsp3) is 0.323. The fourth-order valence-corrected chi connectivity index (χ4v) is 6.13. The zero-order chi connectivity index (χ0) is 23.7. The zero-order valence-corrected chi connectivity index (χ0v) is 20.3. The van der Waals surface area contributed by atoms with Crippen molar-refractivity contribution in [1.82, 2.24) is 0 Å². The molecule has 2 bridgehead atoms. The Kier molecular flexibility index (Phi) is 6.03. The molecule has 0 aromatic heterocycles. The molecule has 5 rings (SSSR count). The Bertz CT molecular complexity index is 1270. The molecule has 0 radical (unpaired) electrons. The molecule has 1 fully saturated rings. The summed E-state index contributed by atoms with van der Waals surface area (Å²) in [4.78, 5) is 4.86. The maximum Gasteiger partial charge on any atom is 0.128 e. The lowest BCUT2D eigenvalue weighted by Crippen LogP contribution is -2.35. The molecule has 3 aromatic carbocycles. The predicted molar refractivity (Wildman–Crippen MR) is 141 cm³/mol.